The summed E-state index contributed by atoms with van der Waals surface area (Å²) in [5.41, 5.74) is 8.45. The highest BCUT2D eigenvalue weighted by Crippen LogP contribution is 2.40. The summed E-state index contributed by atoms with van der Waals surface area (Å²) in [5.74, 6) is 0.563. The van der Waals surface area contributed by atoms with E-state index >= 15 is 0 Å². The van der Waals surface area contributed by atoms with Crippen molar-refractivity contribution < 1.29 is 9.53 Å². The summed E-state index contributed by atoms with van der Waals surface area (Å²) in [6, 6.07) is 0. The van der Waals surface area contributed by atoms with Crippen LogP contribution in [0.15, 0.2) is 0 Å². The zero-order chi connectivity index (χ0) is 11.2. The molecule has 3 nitrogen and oxygen atoms in total. The van der Waals surface area contributed by atoms with E-state index in [9.17, 15) is 4.79 Å². The number of Topliss-reactive ketones (excluding diaryl/α,β-unsaturated/α-hetero) is 1. The van der Waals surface area contributed by atoms with Crippen molar-refractivity contribution in [2.24, 2.45) is 0 Å². The molecule has 1 aliphatic heterocycles. The molecule has 0 aromatic heterocycles. The van der Waals surface area contributed by atoms with Crippen molar-refractivity contribution in [1.29, 1.82) is 0 Å². The first kappa shape index (κ1) is 10.3. The summed E-state index contributed by atoms with van der Waals surface area (Å²) < 4.78 is 5.44. The summed E-state index contributed by atoms with van der Waals surface area (Å²) in [5, 5.41) is 0.560. The maximum Gasteiger partial charge on any atom is 0.170 e. The van der Waals surface area contributed by atoms with Crippen LogP contribution in [0.1, 0.15) is 27.9 Å². The molecule has 1 aromatic carbocycles. The van der Waals surface area contributed by atoms with Crippen LogP contribution in [0.5, 0.6) is 5.75 Å². The zero-order valence-electron chi connectivity index (χ0n) is 8.69. The Morgan fingerprint density at radius 1 is 1.33 bits per heavy atom. The van der Waals surface area contributed by atoms with Crippen molar-refractivity contribution in [2.75, 3.05) is 12.3 Å². The van der Waals surface area contributed by atoms with Crippen molar-refractivity contribution in [3.8, 4) is 5.75 Å². The fraction of sp³-hybridized carbons (Fsp3) is 0.364. The number of nitrogens with two attached hydrogens (primary N) is 1. The van der Waals surface area contributed by atoms with E-state index in [2.05, 4.69) is 0 Å². The highest BCUT2D eigenvalue weighted by Gasteiger charge is 2.26. The summed E-state index contributed by atoms with van der Waals surface area (Å²) in [7, 11) is 0. The topological polar surface area (TPSA) is 52.3 Å². The van der Waals surface area contributed by atoms with Gasteiger partial charge in [-0.3, -0.25) is 4.79 Å². The SMILES string of the molecule is Cc1c(N)c2c(c(C)c1Cl)C(=O)CCO2. The second-order valence-electron chi connectivity index (χ2n) is 3.70. The predicted octanol–water partition coefficient (Wildman–Crippen LogP) is 2.50. The molecule has 2 rings (SSSR count). The second-order valence-corrected chi connectivity index (χ2v) is 4.08. The first-order chi connectivity index (χ1) is 7.04. The Hall–Kier alpha value is -1.22. The number of hydrogen-bond acceptors (Lipinski definition) is 3. The number of carbonyl (C=O) groups excluding carboxylic acids is 1. The van der Waals surface area contributed by atoms with Crippen LogP contribution in [-0.2, 0) is 0 Å². The van der Waals surface area contributed by atoms with E-state index in [0.29, 0.717) is 35.1 Å². The van der Waals surface area contributed by atoms with Gasteiger partial charge < -0.3 is 10.5 Å². The van der Waals surface area contributed by atoms with E-state index in [-0.39, 0.29) is 5.78 Å². The number of nitrogen functional groups attached to an aromatic ring is 1. The summed E-state index contributed by atoms with van der Waals surface area (Å²) in [4.78, 5) is 11.7. The van der Waals surface area contributed by atoms with Crippen molar-refractivity contribution in [1.82, 2.24) is 0 Å². The lowest BCUT2D eigenvalue weighted by Gasteiger charge is -2.22. The number of benzene rings is 1. The third-order valence-electron chi connectivity index (χ3n) is 2.76. The number of fused-ring (bicyclic) bond motifs is 1. The molecule has 0 radical (unpaired) electrons. The molecule has 2 N–H and O–H groups in total. The fourth-order valence-corrected chi connectivity index (χ4v) is 2.04. The maximum atomic E-state index is 11.7. The van der Waals surface area contributed by atoms with Gasteiger partial charge in [-0.05, 0) is 25.0 Å². The number of carbonyl (C=O) groups is 1. The van der Waals surface area contributed by atoms with E-state index < -0.39 is 0 Å². The molecule has 0 amide bonds. The highest BCUT2D eigenvalue weighted by molar-refractivity contribution is 6.33. The lowest BCUT2D eigenvalue weighted by molar-refractivity contribution is 0.0933. The van der Waals surface area contributed by atoms with Crippen LogP contribution in [0, 0.1) is 13.8 Å². The van der Waals surface area contributed by atoms with E-state index in [1.165, 1.54) is 0 Å². The summed E-state index contributed by atoms with van der Waals surface area (Å²) in [6.07, 6.45) is 0.396. The first-order valence-electron chi connectivity index (χ1n) is 4.78. The standard InChI is InChI=1S/C11H12ClNO2/c1-5-8-7(14)3-4-15-11(8)10(13)6(2)9(5)12/h3-4,13H2,1-2H3. The normalized spacial score (nSPS) is 14.7. The van der Waals surface area contributed by atoms with E-state index in [1.807, 2.05) is 13.8 Å². The van der Waals surface area contributed by atoms with E-state index in [1.54, 1.807) is 0 Å². The Morgan fingerprint density at radius 3 is 2.67 bits per heavy atom. The van der Waals surface area contributed by atoms with Crippen molar-refractivity contribution >= 4 is 23.1 Å². The third kappa shape index (κ3) is 1.38. The molecule has 15 heavy (non-hydrogen) atoms. The van der Waals surface area contributed by atoms with Crippen LogP contribution < -0.4 is 10.5 Å². The molecule has 1 heterocycles. The van der Waals surface area contributed by atoms with Gasteiger partial charge in [0.2, 0.25) is 0 Å². The predicted molar refractivity (Wildman–Crippen MR) is 59.8 cm³/mol. The quantitative estimate of drug-likeness (QED) is 0.691. The van der Waals surface area contributed by atoms with Gasteiger partial charge in [-0.25, -0.2) is 0 Å². The Kier molecular flexibility index (Phi) is 2.35. The van der Waals surface area contributed by atoms with Crippen molar-refractivity contribution in [2.45, 2.75) is 20.3 Å². The molecule has 4 heteroatoms. The minimum absolute atomic E-state index is 0.0577. The number of ketones is 1. The first-order valence-corrected chi connectivity index (χ1v) is 5.16. The average molecular weight is 226 g/mol. The Labute approximate surface area is 93.2 Å². The largest absolute Gasteiger partial charge is 0.490 e. The van der Waals surface area contributed by atoms with Gasteiger partial charge in [-0.15, -0.1) is 0 Å². The summed E-state index contributed by atoms with van der Waals surface area (Å²) >= 11 is 6.10. The molecule has 0 unspecified atom stereocenters. The van der Waals surface area contributed by atoms with Crippen molar-refractivity contribution in [3.05, 3.63) is 21.7 Å². The minimum atomic E-state index is 0.0577. The van der Waals surface area contributed by atoms with Gasteiger partial charge in [-0.1, -0.05) is 11.6 Å². The minimum Gasteiger partial charge on any atom is -0.490 e. The molecule has 0 fully saturated rings. The molecule has 0 aliphatic carbocycles. The van der Waals surface area contributed by atoms with E-state index in [0.717, 1.165) is 11.1 Å². The molecule has 80 valence electrons. The smallest absolute Gasteiger partial charge is 0.170 e. The number of anilines is 1. The van der Waals surface area contributed by atoms with Gasteiger partial charge in [0.15, 0.2) is 11.5 Å². The van der Waals surface area contributed by atoms with Crippen LogP contribution in [0.4, 0.5) is 5.69 Å². The Bertz CT molecular complexity index is 455. The van der Waals surface area contributed by atoms with Gasteiger partial charge in [0.1, 0.15) is 0 Å². The lowest BCUT2D eigenvalue weighted by Crippen LogP contribution is -2.19. The van der Waals surface area contributed by atoms with Crippen molar-refractivity contribution in [3.63, 3.8) is 0 Å². The average Bonchev–Trinajstić information content (AvgIpc) is 2.23. The molecule has 0 atom stereocenters. The molecular formula is C11H12ClNO2. The van der Waals surface area contributed by atoms with E-state index in [4.69, 9.17) is 22.1 Å². The lowest BCUT2D eigenvalue weighted by atomic mass is 9.96. The van der Waals surface area contributed by atoms with Gasteiger partial charge in [0, 0.05) is 11.4 Å². The van der Waals surface area contributed by atoms with Crippen LogP contribution >= 0.6 is 11.6 Å². The monoisotopic (exact) mass is 225 g/mol. The van der Waals surface area contributed by atoms with Crippen LogP contribution in [0.25, 0.3) is 0 Å². The van der Waals surface area contributed by atoms with Gasteiger partial charge in [0.05, 0.1) is 17.9 Å². The summed E-state index contributed by atoms with van der Waals surface area (Å²) in [6.45, 7) is 4.05. The van der Waals surface area contributed by atoms with Gasteiger partial charge in [0.25, 0.3) is 0 Å². The van der Waals surface area contributed by atoms with Crippen LogP contribution in [0.3, 0.4) is 0 Å². The molecule has 0 bridgehead atoms. The molecule has 0 saturated carbocycles. The number of rotatable bonds is 0. The number of hydrogen-bond donors (Lipinski definition) is 1. The molecular weight excluding hydrogens is 214 g/mol. The second kappa shape index (κ2) is 3.42. The molecule has 1 aliphatic rings. The molecule has 0 spiro atoms. The number of ether oxygens (including phenoxy) is 1. The van der Waals surface area contributed by atoms with Gasteiger partial charge in [-0.2, -0.15) is 0 Å². The van der Waals surface area contributed by atoms with Crippen LogP contribution in [-0.4, -0.2) is 12.4 Å². The maximum absolute atomic E-state index is 11.7. The zero-order valence-corrected chi connectivity index (χ0v) is 9.44. The molecule has 1 aromatic rings. The number of halogens is 1. The van der Waals surface area contributed by atoms with Gasteiger partial charge >= 0.3 is 0 Å². The Balaban J connectivity index is 2.80. The fourth-order valence-electron chi connectivity index (χ4n) is 1.84. The third-order valence-corrected chi connectivity index (χ3v) is 3.33. The Morgan fingerprint density at radius 2 is 2.00 bits per heavy atom. The van der Waals surface area contributed by atoms with Crippen LogP contribution in [0.2, 0.25) is 5.02 Å². The highest BCUT2D eigenvalue weighted by atomic mass is 35.5. The molecule has 0 saturated heterocycles.